The predicted octanol–water partition coefficient (Wildman–Crippen LogP) is 3.71. The number of hydrogen-bond acceptors (Lipinski definition) is 5. The number of nitrogens with one attached hydrogen (secondary N) is 1. The molecule has 0 saturated carbocycles. The van der Waals surface area contributed by atoms with Gasteiger partial charge in [0, 0.05) is 12.2 Å². The van der Waals surface area contributed by atoms with Gasteiger partial charge in [0.25, 0.3) is 5.56 Å². The highest BCUT2D eigenvalue weighted by Crippen LogP contribution is 2.22. The second kappa shape index (κ2) is 8.66. The monoisotopic (exact) mass is 425 g/mol. The number of nitrogens with zero attached hydrogens (tertiary/aromatic N) is 4. The van der Waals surface area contributed by atoms with E-state index in [1.807, 2.05) is 22.6 Å². The fourth-order valence-corrected chi connectivity index (χ4v) is 3.98. The number of aromatic nitrogens is 4. The first kappa shape index (κ1) is 20.1. The van der Waals surface area contributed by atoms with Crippen LogP contribution in [0.3, 0.4) is 0 Å². The number of amides is 1. The molecule has 1 amide bonds. The number of halogens is 1. The Morgan fingerprint density at radius 1 is 1.17 bits per heavy atom. The van der Waals surface area contributed by atoms with Gasteiger partial charge in [0.05, 0.1) is 16.7 Å². The highest BCUT2D eigenvalue weighted by Gasteiger charge is 2.17. The van der Waals surface area contributed by atoms with Gasteiger partial charge in [0.15, 0.2) is 5.16 Å². The Bertz CT molecular complexity index is 1280. The lowest BCUT2D eigenvalue weighted by molar-refractivity contribution is -0.113. The quantitative estimate of drug-likeness (QED) is 0.457. The smallest absolute Gasteiger partial charge is 0.262 e. The van der Waals surface area contributed by atoms with Gasteiger partial charge < -0.3 is 5.32 Å². The molecule has 7 nitrogen and oxygen atoms in total. The van der Waals surface area contributed by atoms with Crippen molar-refractivity contribution < 1.29 is 9.18 Å². The topological polar surface area (TPSA) is 81.3 Å². The molecule has 0 bridgehead atoms. The number of thioether (sulfide) groups is 1. The zero-order valence-corrected chi connectivity index (χ0v) is 17.2. The summed E-state index contributed by atoms with van der Waals surface area (Å²) >= 11 is 1.21. The summed E-state index contributed by atoms with van der Waals surface area (Å²) in [6, 6.07) is 13.0. The molecule has 154 valence electrons. The lowest BCUT2D eigenvalue weighted by atomic mass is 10.2. The van der Waals surface area contributed by atoms with Gasteiger partial charge in [-0.15, -0.1) is 10.2 Å². The van der Waals surface area contributed by atoms with E-state index in [9.17, 15) is 14.0 Å². The molecule has 0 atom stereocenters. The molecule has 0 aliphatic rings. The molecule has 2 aromatic carbocycles. The molecule has 0 radical (unpaired) electrons. The Balaban J connectivity index is 1.65. The molecule has 0 fully saturated rings. The Morgan fingerprint density at radius 3 is 2.80 bits per heavy atom. The van der Waals surface area contributed by atoms with Crippen LogP contribution >= 0.6 is 11.8 Å². The third kappa shape index (κ3) is 3.93. The zero-order valence-electron chi connectivity index (χ0n) is 16.3. The summed E-state index contributed by atoms with van der Waals surface area (Å²) in [5, 5.41) is 12.2. The van der Waals surface area contributed by atoms with Crippen molar-refractivity contribution in [1.29, 1.82) is 0 Å². The molecule has 0 saturated heterocycles. The number of carbonyl (C=O) groups is 1. The molecule has 1 N–H and O–H groups in total. The van der Waals surface area contributed by atoms with Crippen LogP contribution in [0.25, 0.3) is 16.7 Å². The standard InChI is InChI=1S/C21H20FN5O2S/c1-2-3-11-26-19(29)16-9-4-5-10-17(16)27-20(26)24-25-21(27)30-13-18(28)23-15-8-6-7-14(22)12-15/h4-10,12H,2-3,11,13H2,1H3,(H,23,28). The summed E-state index contributed by atoms with van der Waals surface area (Å²) in [7, 11) is 0. The number of anilines is 1. The van der Waals surface area contributed by atoms with Crippen molar-refractivity contribution in [3.05, 3.63) is 64.7 Å². The van der Waals surface area contributed by atoms with Gasteiger partial charge in [-0.05, 0) is 36.8 Å². The largest absolute Gasteiger partial charge is 0.325 e. The Morgan fingerprint density at radius 2 is 2.00 bits per heavy atom. The second-order valence-corrected chi connectivity index (χ2v) is 7.74. The van der Waals surface area contributed by atoms with Crippen LogP contribution in [0.5, 0.6) is 0 Å². The molecule has 2 aromatic heterocycles. The number of hydrogen-bond donors (Lipinski definition) is 1. The predicted molar refractivity (Wildman–Crippen MR) is 115 cm³/mol. The maximum atomic E-state index is 13.3. The summed E-state index contributed by atoms with van der Waals surface area (Å²) < 4.78 is 16.7. The first-order valence-electron chi connectivity index (χ1n) is 9.63. The summed E-state index contributed by atoms with van der Waals surface area (Å²) in [4.78, 5) is 25.2. The third-order valence-corrected chi connectivity index (χ3v) is 5.58. The van der Waals surface area contributed by atoms with Crippen LogP contribution in [0.4, 0.5) is 10.1 Å². The summed E-state index contributed by atoms with van der Waals surface area (Å²) in [6.07, 6.45) is 1.79. The molecule has 4 aromatic rings. The fraction of sp³-hybridized carbons (Fsp3) is 0.238. The molecule has 0 aliphatic heterocycles. The molecule has 9 heteroatoms. The van der Waals surface area contributed by atoms with Crippen LogP contribution in [0, 0.1) is 5.82 Å². The number of para-hydroxylation sites is 1. The van der Waals surface area contributed by atoms with E-state index >= 15 is 0 Å². The van der Waals surface area contributed by atoms with Crippen molar-refractivity contribution >= 4 is 40.0 Å². The molecular formula is C21H20FN5O2S. The van der Waals surface area contributed by atoms with Gasteiger partial charge in [-0.3, -0.25) is 18.6 Å². The van der Waals surface area contributed by atoms with Gasteiger partial charge in [-0.2, -0.15) is 0 Å². The first-order valence-corrected chi connectivity index (χ1v) is 10.6. The van der Waals surface area contributed by atoms with Crippen molar-refractivity contribution in [2.24, 2.45) is 0 Å². The Hall–Kier alpha value is -3.20. The van der Waals surface area contributed by atoms with Crippen molar-refractivity contribution in [2.45, 2.75) is 31.5 Å². The SMILES string of the molecule is CCCCn1c(=O)c2ccccc2n2c(SCC(=O)Nc3cccc(F)c3)nnc12. The highest BCUT2D eigenvalue weighted by atomic mass is 32.2. The normalized spacial score (nSPS) is 11.3. The number of benzene rings is 2. The van der Waals surface area contributed by atoms with Crippen LogP contribution in [-0.2, 0) is 11.3 Å². The van der Waals surface area contributed by atoms with Gasteiger partial charge in [-0.1, -0.05) is 43.3 Å². The van der Waals surface area contributed by atoms with E-state index in [2.05, 4.69) is 22.4 Å². The lowest BCUT2D eigenvalue weighted by Crippen LogP contribution is -2.23. The fourth-order valence-electron chi connectivity index (χ4n) is 3.24. The number of rotatable bonds is 7. The first-order chi connectivity index (χ1) is 14.6. The van der Waals surface area contributed by atoms with Gasteiger partial charge in [0.1, 0.15) is 5.82 Å². The minimum atomic E-state index is -0.416. The minimum absolute atomic E-state index is 0.0692. The third-order valence-electron chi connectivity index (χ3n) is 4.65. The number of unbranched alkanes of at least 4 members (excludes halogenated alkanes) is 1. The van der Waals surface area contributed by atoms with Gasteiger partial charge in [0.2, 0.25) is 11.7 Å². The van der Waals surface area contributed by atoms with E-state index in [1.54, 1.807) is 16.7 Å². The van der Waals surface area contributed by atoms with Crippen molar-refractivity contribution in [3.63, 3.8) is 0 Å². The summed E-state index contributed by atoms with van der Waals surface area (Å²) in [5.41, 5.74) is 0.994. The van der Waals surface area contributed by atoms with E-state index in [1.165, 1.54) is 30.0 Å². The van der Waals surface area contributed by atoms with Crippen LogP contribution < -0.4 is 10.9 Å². The van der Waals surface area contributed by atoms with Crippen molar-refractivity contribution in [2.75, 3.05) is 11.1 Å². The van der Waals surface area contributed by atoms with Crippen LogP contribution in [0.1, 0.15) is 19.8 Å². The van der Waals surface area contributed by atoms with Gasteiger partial charge in [-0.25, -0.2) is 4.39 Å². The van der Waals surface area contributed by atoms with E-state index < -0.39 is 5.82 Å². The molecular weight excluding hydrogens is 405 g/mol. The van der Waals surface area contributed by atoms with Gasteiger partial charge >= 0.3 is 0 Å². The molecule has 0 aliphatic carbocycles. The molecule has 0 unspecified atom stereocenters. The molecule has 2 heterocycles. The van der Waals surface area contributed by atoms with Crippen molar-refractivity contribution in [3.8, 4) is 0 Å². The Labute approximate surface area is 175 Å². The molecule has 4 rings (SSSR count). The highest BCUT2D eigenvalue weighted by molar-refractivity contribution is 7.99. The van der Waals surface area contributed by atoms with Crippen LogP contribution in [0.15, 0.2) is 58.5 Å². The number of fused-ring (bicyclic) bond motifs is 3. The average Bonchev–Trinajstić information content (AvgIpc) is 3.16. The van der Waals surface area contributed by atoms with Crippen LogP contribution in [-0.4, -0.2) is 30.8 Å². The number of carbonyl (C=O) groups excluding carboxylic acids is 1. The Kier molecular flexibility index (Phi) is 5.80. The maximum absolute atomic E-state index is 13.3. The number of aryl methyl sites for hydroxylation is 1. The zero-order chi connectivity index (χ0) is 21.1. The van der Waals surface area contributed by atoms with Crippen molar-refractivity contribution in [1.82, 2.24) is 19.2 Å². The van der Waals surface area contributed by atoms with E-state index in [0.29, 0.717) is 34.1 Å². The average molecular weight is 425 g/mol. The van der Waals surface area contributed by atoms with E-state index in [0.717, 1.165) is 12.8 Å². The summed E-state index contributed by atoms with van der Waals surface area (Å²) in [5.74, 6) is -0.175. The van der Waals surface area contributed by atoms with Crippen LogP contribution in [0.2, 0.25) is 0 Å². The maximum Gasteiger partial charge on any atom is 0.262 e. The van der Waals surface area contributed by atoms with E-state index in [-0.39, 0.29) is 17.2 Å². The van der Waals surface area contributed by atoms with E-state index in [4.69, 9.17) is 0 Å². The molecule has 0 spiro atoms. The second-order valence-electron chi connectivity index (χ2n) is 6.79. The molecule has 30 heavy (non-hydrogen) atoms. The lowest BCUT2D eigenvalue weighted by Gasteiger charge is -2.11. The summed E-state index contributed by atoms with van der Waals surface area (Å²) in [6.45, 7) is 2.61. The minimum Gasteiger partial charge on any atom is -0.325 e.